The lowest BCUT2D eigenvalue weighted by molar-refractivity contribution is -0.105. The molecule has 1 rings (SSSR count). The highest BCUT2D eigenvalue weighted by atomic mass is 32.2. The molecule has 1 atom stereocenters. The Morgan fingerprint density at radius 3 is 2.69 bits per heavy atom. The molecule has 2 nitrogen and oxygen atoms in total. The molecule has 0 aliphatic heterocycles. The predicted molar refractivity (Wildman–Crippen MR) is 53.3 cm³/mol. The first-order valence-corrected chi connectivity index (χ1v) is 5.36. The molecule has 70 valence electrons. The summed E-state index contributed by atoms with van der Waals surface area (Å²) in [5.74, 6) is 0.0876. The fourth-order valence-electron chi connectivity index (χ4n) is 1.10. The molecule has 3 heteroatoms. The van der Waals surface area contributed by atoms with Crippen molar-refractivity contribution in [3.05, 3.63) is 29.3 Å². The molecule has 0 aromatic heterocycles. The van der Waals surface area contributed by atoms with E-state index in [0.29, 0.717) is 6.29 Å². The van der Waals surface area contributed by atoms with E-state index >= 15 is 0 Å². The van der Waals surface area contributed by atoms with Gasteiger partial charge in [0.2, 0.25) is 0 Å². The molecule has 0 aliphatic rings. The van der Waals surface area contributed by atoms with Crippen LogP contribution in [0.5, 0.6) is 0 Å². The molecule has 0 fully saturated rings. The lowest BCUT2D eigenvalue weighted by Crippen LogP contribution is -2.01. The zero-order valence-corrected chi connectivity index (χ0v) is 8.56. The number of aldehydes is 1. The quantitative estimate of drug-likeness (QED) is 0.688. The van der Waals surface area contributed by atoms with Gasteiger partial charge in [-0.3, -0.25) is 4.21 Å². The lowest BCUT2D eigenvalue weighted by Gasteiger charge is -2.04. The van der Waals surface area contributed by atoms with Crippen LogP contribution in [0.4, 0.5) is 0 Å². The van der Waals surface area contributed by atoms with Crippen molar-refractivity contribution in [1.29, 1.82) is 0 Å². The van der Waals surface area contributed by atoms with Gasteiger partial charge in [-0.25, -0.2) is 0 Å². The van der Waals surface area contributed by atoms with Crippen molar-refractivity contribution in [3.63, 3.8) is 0 Å². The van der Waals surface area contributed by atoms with Gasteiger partial charge in [0.15, 0.2) is 0 Å². The SMILES string of the molecule is Cc1ccc(C)c(S(=O)CC=O)c1. The van der Waals surface area contributed by atoms with Crippen molar-refractivity contribution in [1.82, 2.24) is 0 Å². The van der Waals surface area contributed by atoms with Crippen molar-refractivity contribution >= 4 is 17.1 Å². The highest BCUT2D eigenvalue weighted by Crippen LogP contribution is 2.14. The summed E-state index contributed by atoms with van der Waals surface area (Å²) < 4.78 is 11.5. The van der Waals surface area contributed by atoms with Gasteiger partial charge in [-0.05, 0) is 31.0 Å². The number of benzene rings is 1. The van der Waals surface area contributed by atoms with Crippen LogP contribution in [0.25, 0.3) is 0 Å². The summed E-state index contributed by atoms with van der Waals surface area (Å²) in [7, 11) is -1.17. The second-order valence-corrected chi connectivity index (χ2v) is 4.41. The van der Waals surface area contributed by atoms with Crippen molar-refractivity contribution < 1.29 is 9.00 Å². The first kappa shape index (κ1) is 10.1. The Morgan fingerprint density at radius 2 is 2.08 bits per heavy atom. The van der Waals surface area contributed by atoms with Crippen LogP contribution in [0.3, 0.4) is 0 Å². The van der Waals surface area contributed by atoms with Gasteiger partial charge in [-0.1, -0.05) is 12.1 Å². The zero-order chi connectivity index (χ0) is 9.84. The van der Waals surface area contributed by atoms with E-state index in [-0.39, 0.29) is 5.75 Å². The average molecular weight is 196 g/mol. The molecule has 0 amide bonds. The molecule has 0 bridgehead atoms. The molecule has 0 heterocycles. The molecular formula is C10H12O2S. The maximum Gasteiger partial charge on any atom is 0.132 e. The van der Waals surface area contributed by atoms with Crippen molar-refractivity contribution in [2.45, 2.75) is 18.7 Å². The van der Waals surface area contributed by atoms with Crippen LogP contribution < -0.4 is 0 Å². The summed E-state index contributed by atoms with van der Waals surface area (Å²) in [5, 5.41) is 0. The van der Waals surface area contributed by atoms with Crippen LogP contribution >= 0.6 is 0 Å². The smallest absolute Gasteiger partial charge is 0.132 e. The summed E-state index contributed by atoms with van der Waals surface area (Å²) in [6.07, 6.45) is 0.692. The Hall–Kier alpha value is -0.960. The van der Waals surface area contributed by atoms with Crippen LogP contribution in [-0.4, -0.2) is 16.2 Å². The zero-order valence-electron chi connectivity index (χ0n) is 7.74. The van der Waals surface area contributed by atoms with Crippen molar-refractivity contribution in [2.75, 3.05) is 5.75 Å². The van der Waals surface area contributed by atoms with E-state index < -0.39 is 10.8 Å². The summed E-state index contributed by atoms with van der Waals surface area (Å²) >= 11 is 0. The molecule has 0 spiro atoms. The number of carbonyl (C=O) groups is 1. The van der Waals surface area contributed by atoms with E-state index in [1.54, 1.807) is 0 Å². The van der Waals surface area contributed by atoms with E-state index in [9.17, 15) is 9.00 Å². The second-order valence-electron chi connectivity index (χ2n) is 2.95. The number of hydrogen-bond acceptors (Lipinski definition) is 2. The summed E-state index contributed by atoms with van der Waals surface area (Å²) in [6.45, 7) is 3.85. The monoisotopic (exact) mass is 196 g/mol. The molecule has 0 saturated heterocycles. The van der Waals surface area contributed by atoms with Crippen molar-refractivity contribution in [2.24, 2.45) is 0 Å². The largest absolute Gasteiger partial charge is 0.302 e. The topological polar surface area (TPSA) is 34.1 Å². The first-order chi connectivity index (χ1) is 6.15. The van der Waals surface area contributed by atoms with E-state index in [1.807, 2.05) is 32.0 Å². The number of aryl methyl sites for hydroxylation is 2. The minimum absolute atomic E-state index is 0.0876. The number of carbonyl (C=O) groups excluding carboxylic acids is 1. The Morgan fingerprint density at radius 1 is 1.38 bits per heavy atom. The molecule has 13 heavy (non-hydrogen) atoms. The van der Waals surface area contributed by atoms with Gasteiger partial charge in [-0.2, -0.15) is 0 Å². The molecule has 0 N–H and O–H groups in total. The molecule has 0 saturated carbocycles. The average Bonchev–Trinajstić information content (AvgIpc) is 2.09. The second kappa shape index (κ2) is 4.33. The summed E-state index contributed by atoms with van der Waals surface area (Å²) in [5.41, 5.74) is 2.05. The first-order valence-electron chi connectivity index (χ1n) is 4.04. The van der Waals surface area contributed by atoms with E-state index in [4.69, 9.17) is 0 Å². The predicted octanol–water partition coefficient (Wildman–Crippen LogP) is 1.61. The van der Waals surface area contributed by atoms with Crippen LogP contribution in [0.15, 0.2) is 23.1 Å². The summed E-state index contributed by atoms with van der Waals surface area (Å²) in [4.78, 5) is 11.0. The Balaban J connectivity index is 3.05. The van der Waals surface area contributed by atoms with Crippen LogP contribution in [0.2, 0.25) is 0 Å². The van der Waals surface area contributed by atoms with Crippen molar-refractivity contribution in [3.8, 4) is 0 Å². The van der Waals surface area contributed by atoms with E-state index in [1.165, 1.54) is 0 Å². The van der Waals surface area contributed by atoms with Crippen LogP contribution in [0, 0.1) is 13.8 Å². The maximum absolute atomic E-state index is 11.5. The molecular weight excluding hydrogens is 184 g/mol. The molecule has 1 aromatic carbocycles. The van der Waals surface area contributed by atoms with Crippen LogP contribution in [0.1, 0.15) is 11.1 Å². The van der Waals surface area contributed by atoms with Gasteiger partial charge < -0.3 is 4.79 Å². The Kier molecular flexibility index (Phi) is 3.37. The fourth-order valence-corrected chi connectivity index (χ4v) is 2.15. The maximum atomic E-state index is 11.5. The number of rotatable bonds is 3. The van der Waals surface area contributed by atoms with Gasteiger partial charge in [0.25, 0.3) is 0 Å². The third-order valence-corrected chi connectivity index (χ3v) is 3.18. The molecule has 0 aliphatic carbocycles. The standard InChI is InChI=1S/C10H12O2S/c1-8-3-4-9(2)10(7-8)13(12)6-5-11/h3-5,7H,6H2,1-2H3. The van der Waals surface area contributed by atoms with Gasteiger partial charge >= 0.3 is 0 Å². The molecule has 1 aromatic rings. The molecule has 0 radical (unpaired) electrons. The highest BCUT2D eigenvalue weighted by molar-refractivity contribution is 7.85. The van der Waals surface area contributed by atoms with Gasteiger partial charge in [-0.15, -0.1) is 0 Å². The van der Waals surface area contributed by atoms with Crippen LogP contribution in [-0.2, 0) is 15.6 Å². The normalized spacial score (nSPS) is 12.5. The van der Waals surface area contributed by atoms with E-state index in [2.05, 4.69) is 0 Å². The highest BCUT2D eigenvalue weighted by Gasteiger charge is 2.06. The minimum atomic E-state index is -1.17. The van der Waals surface area contributed by atoms with Gasteiger partial charge in [0, 0.05) is 4.90 Å². The summed E-state index contributed by atoms with van der Waals surface area (Å²) in [6, 6.07) is 5.76. The lowest BCUT2D eigenvalue weighted by atomic mass is 10.2. The third-order valence-electron chi connectivity index (χ3n) is 1.81. The van der Waals surface area contributed by atoms with Gasteiger partial charge in [0.05, 0.1) is 16.6 Å². The van der Waals surface area contributed by atoms with E-state index in [0.717, 1.165) is 16.0 Å². The van der Waals surface area contributed by atoms with Gasteiger partial charge in [0.1, 0.15) is 6.29 Å². The third kappa shape index (κ3) is 2.49. The number of hydrogen-bond donors (Lipinski definition) is 0. The minimum Gasteiger partial charge on any atom is -0.302 e. The Labute approximate surface area is 80.4 Å². The molecule has 1 unspecified atom stereocenters. The fraction of sp³-hybridized carbons (Fsp3) is 0.300. The Bertz CT molecular complexity index is 345.